The van der Waals surface area contributed by atoms with Gasteiger partial charge in [-0.25, -0.2) is 0 Å². The molecule has 0 atom stereocenters. The predicted molar refractivity (Wildman–Crippen MR) is 69.0 cm³/mol. The van der Waals surface area contributed by atoms with Crippen LogP contribution in [0.5, 0.6) is 0 Å². The predicted octanol–water partition coefficient (Wildman–Crippen LogP) is 5.73. The van der Waals surface area contributed by atoms with E-state index in [1.807, 2.05) is 0 Å². The molecule has 0 aliphatic heterocycles. The summed E-state index contributed by atoms with van der Waals surface area (Å²) in [6, 6.07) is 13.1. The molecular weight excluding hydrogens is 225 g/mol. The van der Waals surface area contributed by atoms with Crippen molar-refractivity contribution in [1.29, 1.82) is 0 Å². The molecule has 66 valence electrons. The monoisotopic (exact) mass is 232 g/mol. The van der Waals surface area contributed by atoms with E-state index < -0.39 is 0 Å². The normalized spacial score (nSPS) is 12.6. The first-order valence-electron chi connectivity index (χ1n) is 4.41. The zero-order chi connectivity index (χ0) is 9.38. The molecule has 0 amide bonds. The zero-order valence-electron chi connectivity index (χ0n) is 7.38. The minimum Gasteiger partial charge on any atom is -0.0616 e. The molecule has 0 bridgehead atoms. The van der Waals surface area contributed by atoms with Crippen LogP contribution < -0.4 is 0 Å². The minimum absolute atomic E-state index is 1.35. The Labute approximate surface area is 87.1 Å². The van der Waals surface area contributed by atoms with Crippen LogP contribution in [0.25, 0.3) is 21.3 Å². The Morgan fingerprint density at radius 3 is 2.79 bits per heavy atom. The van der Waals surface area contributed by atoms with E-state index in [1.54, 1.807) is 0 Å². The first-order chi connectivity index (χ1) is 6.95. The lowest BCUT2D eigenvalue weighted by Gasteiger charge is -2.01. The van der Waals surface area contributed by atoms with E-state index >= 15 is 0 Å². The van der Waals surface area contributed by atoms with Gasteiger partial charge in [0.1, 0.15) is 0 Å². The highest BCUT2D eigenvalue weighted by molar-refractivity contribution is 8.17. The molecule has 0 spiro atoms. The molecule has 0 nitrogen and oxygen atoms in total. The summed E-state index contributed by atoms with van der Waals surface area (Å²) in [5.74, 6) is 2.34. The van der Waals surface area contributed by atoms with Gasteiger partial charge in [0.15, 0.2) is 0 Å². The lowest BCUT2D eigenvalue weighted by molar-refractivity contribution is 1.82. The fourth-order valence-electron chi connectivity index (χ4n) is 1.66. The molecule has 2 aromatic carbocycles. The second kappa shape index (κ2) is 3.56. The lowest BCUT2D eigenvalue weighted by atomic mass is 10.1. The van der Waals surface area contributed by atoms with Crippen LogP contribution in [0.3, 0.4) is 0 Å². The SMILES string of the molecule is c1ccc2c(c1)ccc1pppcc12. The maximum absolute atomic E-state index is 2.34. The molecule has 1 aromatic heterocycles. The Morgan fingerprint density at radius 1 is 0.857 bits per heavy atom. The van der Waals surface area contributed by atoms with Crippen molar-refractivity contribution in [2.24, 2.45) is 0 Å². The third-order valence-corrected chi connectivity index (χ3v) is 6.82. The van der Waals surface area contributed by atoms with E-state index in [2.05, 4.69) is 42.2 Å². The smallest absolute Gasteiger partial charge is 0.0149 e. The van der Waals surface area contributed by atoms with Gasteiger partial charge in [0, 0.05) is 5.12 Å². The average Bonchev–Trinajstić information content (AvgIpc) is 2.29. The third-order valence-electron chi connectivity index (χ3n) is 2.34. The van der Waals surface area contributed by atoms with E-state index in [0.29, 0.717) is 0 Å². The van der Waals surface area contributed by atoms with Gasteiger partial charge < -0.3 is 0 Å². The van der Waals surface area contributed by atoms with Crippen LogP contribution in [0.15, 0.2) is 42.2 Å². The summed E-state index contributed by atoms with van der Waals surface area (Å²) >= 11 is 0. The first kappa shape index (κ1) is 8.75. The number of hydrogen-bond acceptors (Lipinski definition) is 0. The Bertz CT molecular complexity index is 550. The van der Waals surface area contributed by atoms with E-state index in [1.165, 1.54) is 44.6 Å². The number of rotatable bonds is 0. The fraction of sp³-hybridized carbons (Fsp3) is 0. The Kier molecular flexibility index (Phi) is 2.22. The van der Waals surface area contributed by atoms with Gasteiger partial charge in [-0.3, -0.25) is 0 Å². The Balaban J connectivity index is 2.61. The summed E-state index contributed by atoms with van der Waals surface area (Å²) in [7, 11) is 4.36. The van der Waals surface area contributed by atoms with Crippen molar-refractivity contribution in [2.75, 3.05) is 0 Å². The first-order valence-corrected chi connectivity index (χ1v) is 8.57. The molecule has 14 heavy (non-hydrogen) atoms. The Morgan fingerprint density at radius 2 is 1.79 bits per heavy atom. The molecule has 3 heteroatoms. The summed E-state index contributed by atoms with van der Waals surface area (Å²) in [6.07, 6.45) is 0. The van der Waals surface area contributed by atoms with E-state index in [4.69, 9.17) is 0 Å². The molecule has 0 saturated heterocycles. The van der Waals surface area contributed by atoms with Crippen molar-refractivity contribution in [3.05, 3.63) is 42.2 Å². The molecule has 0 saturated carbocycles. The molecule has 3 aromatic rings. The quantitative estimate of drug-likeness (QED) is 0.434. The second-order valence-corrected chi connectivity index (χ2v) is 7.94. The largest absolute Gasteiger partial charge is 0.0616 e. The molecule has 1 heterocycles. The van der Waals surface area contributed by atoms with Crippen molar-refractivity contribution in [3.63, 3.8) is 0 Å². The maximum Gasteiger partial charge on any atom is 0.0149 e. The van der Waals surface area contributed by atoms with Gasteiger partial charge in [0.25, 0.3) is 0 Å². The third kappa shape index (κ3) is 1.35. The van der Waals surface area contributed by atoms with Gasteiger partial charge in [-0.1, -0.05) is 30.3 Å². The summed E-state index contributed by atoms with van der Waals surface area (Å²) in [6.45, 7) is 0. The standard InChI is InChI=1S/C11H7P3/c1-2-4-9-8(3-1)5-6-11-10(9)7-12-14-13-11/h1-7H. The van der Waals surface area contributed by atoms with E-state index in [-0.39, 0.29) is 0 Å². The Hall–Kier alpha value is -0.530. The van der Waals surface area contributed by atoms with Gasteiger partial charge >= 0.3 is 0 Å². The zero-order valence-corrected chi connectivity index (χ0v) is 10.1. The van der Waals surface area contributed by atoms with Crippen molar-refractivity contribution >= 4 is 44.6 Å². The molecule has 3 rings (SSSR count). The van der Waals surface area contributed by atoms with Gasteiger partial charge in [0.05, 0.1) is 0 Å². The van der Waals surface area contributed by atoms with Crippen molar-refractivity contribution in [2.45, 2.75) is 0 Å². The van der Waals surface area contributed by atoms with E-state index in [9.17, 15) is 0 Å². The van der Waals surface area contributed by atoms with Crippen LogP contribution in [-0.2, 0) is 0 Å². The van der Waals surface area contributed by atoms with E-state index in [0.717, 1.165) is 0 Å². The van der Waals surface area contributed by atoms with Crippen LogP contribution in [0, 0.1) is 0 Å². The van der Waals surface area contributed by atoms with Gasteiger partial charge in [-0.2, -0.15) is 0 Å². The fourth-order valence-corrected chi connectivity index (χ4v) is 6.06. The van der Waals surface area contributed by atoms with Crippen molar-refractivity contribution in [3.8, 4) is 0 Å². The van der Waals surface area contributed by atoms with Crippen LogP contribution in [0.2, 0.25) is 0 Å². The summed E-state index contributed by atoms with van der Waals surface area (Å²) in [5.41, 5.74) is 0. The van der Waals surface area contributed by atoms with Gasteiger partial charge in [0.2, 0.25) is 0 Å². The molecule has 0 radical (unpaired) electrons. The number of fused-ring (bicyclic) bond motifs is 3. The average molecular weight is 232 g/mol. The highest BCUT2D eigenvalue weighted by atomic mass is 32.1. The highest BCUT2D eigenvalue weighted by Crippen LogP contribution is 2.40. The lowest BCUT2D eigenvalue weighted by Crippen LogP contribution is -1.71. The molecule has 0 aliphatic carbocycles. The molecule has 0 aliphatic rings. The summed E-state index contributed by atoms with van der Waals surface area (Å²) in [5, 5.41) is 5.68. The molecule has 0 unspecified atom stereocenters. The highest BCUT2D eigenvalue weighted by Gasteiger charge is 1.98. The van der Waals surface area contributed by atoms with Gasteiger partial charge in [-0.15, -0.1) is 0 Å². The van der Waals surface area contributed by atoms with Crippen LogP contribution in [0.1, 0.15) is 0 Å². The second-order valence-electron chi connectivity index (χ2n) is 3.15. The minimum atomic E-state index is 1.35. The van der Waals surface area contributed by atoms with Gasteiger partial charge in [-0.05, 0) is 51.3 Å². The number of benzene rings is 2. The van der Waals surface area contributed by atoms with Crippen LogP contribution in [-0.4, -0.2) is 0 Å². The summed E-state index contributed by atoms with van der Waals surface area (Å²) in [4.78, 5) is 0. The van der Waals surface area contributed by atoms with Crippen molar-refractivity contribution < 1.29 is 0 Å². The topological polar surface area (TPSA) is 0 Å². The number of hydrogen-bond donors (Lipinski definition) is 0. The maximum atomic E-state index is 2.34. The van der Waals surface area contributed by atoms with Crippen molar-refractivity contribution in [1.82, 2.24) is 0 Å². The molecule has 0 fully saturated rings. The summed E-state index contributed by atoms with van der Waals surface area (Å²) < 4.78 is 0. The molecular formula is C11H7P3. The molecule has 0 N–H and O–H groups in total. The van der Waals surface area contributed by atoms with Crippen LogP contribution in [0.4, 0.5) is 0 Å². The van der Waals surface area contributed by atoms with Crippen LogP contribution >= 0.6 is 23.3 Å².